The van der Waals surface area contributed by atoms with Crippen molar-refractivity contribution in [1.82, 2.24) is 4.90 Å². The van der Waals surface area contributed by atoms with Gasteiger partial charge in [-0.25, -0.2) is 0 Å². The third-order valence-corrected chi connectivity index (χ3v) is 3.71. The van der Waals surface area contributed by atoms with Crippen LogP contribution in [0.5, 0.6) is 0 Å². The fraction of sp³-hybridized carbons (Fsp3) is 0.833. The van der Waals surface area contributed by atoms with Gasteiger partial charge in [-0.1, -0.05) is 25.0 Å². The van der Waals surface area contributed by atoms with Crippen LogP contribution in [-0.2, 0) is 0 Å². The molecule has 2 nitrogen and oxygen atoms in total. The Labute approximate surface area is 86.6 Å². The van der Waals surface area contributed by atoms with Crippen LogP contribution in [0.3, 0.4) is 0 Å². The number of allylic oxidation sites excluding steroid dienone is 1. The van der Waals surface area contributed by atoms with Gasteiger partial charge in [0.15, 0.2) is 0 Å². The first kappa shape index (κ1) is 10.2. The quantitative estimate of drug-likeness (QED) is 0.696. The number of unbranched alkanes of at least 4 members (excludes halogenated alkanes) is 1. The Morgan fingerprint density at radius 1 is 1.57 bits per heavy atom. The van der Waals surface area contributed by atoms with Crippen LogP contribution in [0, 0.1) is 0 Å². The van der Waals surface area contributed by atoms with Crippen molar-refractivity contribution in [1.29, 1.82) is 0 Å². The third-order valence-electron chi connectivity index (χ3n) is 3.71. The van der Waals surface area contributed by atoms with E-state index in [1.54, 1.807) is 5.57 Å². The Kier molecular flexibility index (Phi) is 2.93. The van der Waals surface area contributed by atoms with Crippen LogP contribution >= 0.6 is 0 Å². The van der Waals surface area contributed by atoms with Gasteiger partial charge in [-0.3, -0.25) is 4.90 Å². The lowest BCUT2D eigenvalue weighted by Crippen LogP contribution is -2.41. The van der Waals surface area contributed by atoms with Crippen LogP contribution in [0.15, 0.2) is 11.6 Å². The highest BCUT2D eigenvalue weighted by Crippen LogP contribution is 2.40. The lowest BCUT2D eigenvalue weighted by molar-refractivity contribution is 0.1000. The minimum atomic E-state index is 0.138. The van der Waals surface area contributed by atoms with Gasteiger partial charge in [0.1, 0.15) is 0 Å². The van der Waals surface area contributed by atoms with Crippen LogP contribution in [-0.4, -0.2) is 35.2 Å². The summed E-state index contributed by atoms with van der Waals surface area (Å²) in [5.74, 6) is 0. The first-order chi connectivity index (χ1) is 6.80. The molecule has 2 aliphatic rings. The van der Waals surface area contributed by atoms with E-state index in [0.29, 0.717) is 6.61 Å². The molecule has 1 atom stereocenters. The number of aliphatic hydroxyl groups excluding tert-OH is 1. The maximum Gasteiger partial charge on any atom is 0.0618 e. The van der Waals surface area contributed by atoms with Gasteiger partial charge in [0.2, 0.25) is 0 Å². The molecule has 0 saturated carbocycles. The van der Waals surface area contributed by atoms with E-state index in [0.717, 1.165) is 13.0 Å². The molecule has 2 fully saturated rings. The Morgan fingerprint density at radius 3 is 3.07 bits per heavy atom. The normalized spacial score (nSPS) is 35.4. The van der Waals surface area contributed by atoms with Crippen LogP contribution in [0.25, 0.3) is 0 Å². The predicted molar refractivity (Wildman–Crippen MR) is 58.2 cm³/mol. The fourth-order valence-corrected chi connectivity index (χ4v) is 2.89. The van der Waals surface area contributed by atoms with Crippen molar-refractivity contribution < 1.29 is 5.11 Å². The maximum absolute atomic E-state index is 9.50. The minimum Gasteiger partial charge on any atom is -0.394 e. The molecule has 2 heteroatoms. The van der Waals surface area contributed by atoms with E-state index in [-0.39, 0.29) is 5.54 Å². The average Bonchev–Trinajstić information content (AvgIpc) is 2.70. The van der Waals surface area contributed by atoms with Crippen molar-refractivity contribution in [3.05, 3.63) is 11.6 Å². The Balaban J connectivity index is 2.05. The number of aliphatic hydroxyl groups is 1. The number of fused-ring (bicyclic) bond motifs is 1. The van der Waals surface area contributed by atoms with E-state index in [2.05, 4.69) is 17.9 Å². The average molecular weight is 195 g/mol. The minimum absolute atomic E-state index is 0.138. The topological polar surface area (TPSA) is 23.5 Å². The fourth-order valence-electron chi connectivity index (χ4n) is 2.89. The summed E-state index contributed by atoms with van der Waals surface area (Å²) in [7, 11) is 0. The molecule has 0 spiro atoms. The predicted octanol–water partition coefficient (Wildman–Crippen LogP) is 1.94. The standard InChI is InChI=1S/C12H21NO/c1-2-3-5-11-8-12(10-14)6-4-7-13(12)9-11/h5,14H,2-4,6-10H2,1H3/b11-5+. The largest absolute Gasteiger partial charge is 0.394 e. The molecule has 0 aliphatic carbocycles. The van der Waals surface area contributed by atoms with Gasteiger partial charge in [0, 0.05) is 12.1 Å². The number of hydrogen-bond donors (Lipinski definition) is 1. The monoisotopic (exact) mass is 195 g/mol. The van der Waals surface area contributed by atoms with Crippen LogP contribution < -0.4 is 0 Å². The van der Waals surface area contributed by atoms with E-state index in [9.17, 15) is 5.11 Å². The van der Waals surface area contributed by atoms with Crippen molar-refractivity contribution in [2.75, 3.05) is 19.7 Å². The number of rotatable bonds is 3. The Hall–Kier alpha value is -0.340. The van der Waals surface area contributed by atoms with Gasteiger partial charge in [-0.05, 0) is 32.2 Å². The van der Waals surface area contributed by atoms with Gasteiger partial charge < -0.3 is 5.11 Å². The molecule has 1 N–H and O–H groups in total. The zero-order chi connectivity index (χ0) is 10.0. The summed E-state index contributed by atoms with van der Waals surface area (Å²) < 4.78 is 0. The molecular formula is C12H21NO. The van der Waals surface area contributed by atoms with Gasteiger partial charge in [0.05, 0.1) is 6.61 Å². The summed E-state index contributed by atoms with van der Waals surface area (Å²) in [5.41, 5.74) is 1.69. The van der Waals surface area contributed by atoms with Crippen molar-refractivity contribution in [3.63, 3.8) is 0 Å². The summed E-state index contributed by atoms with van der Waals surface area (Å²) in [5, 5.41) is 9.50. The first-order valence-electron chi connectivity index (χ1n) is 5.84. The van der Waals surface area contributed by atoms with Crippen molar-refractivity contribution in [2.24, 2.45) is 0 Å². The Morgan fingerprint density at radius 2 is 2.43 bits per heavy atom. The smallest absolute Gasteiger partial charge is 0.0618 e. The van der Waals surface area contributed by atoms with Crippen LogP contribution in [0.2, 0.25) is 0 Å². The van der Waals surface area contributed by atoms with Crippen molar-refractivity contribution >= 4 is 0 Å². The molecule has 2 saturated heterocycles. The molecule has 2 aliphatic heterocycles. The van der Waals surface area contributed by atoms with Gasteiger partial charge >= 0.3 is 0 Å². The van der Waals surface area contributed by atoms with E-state index in [1.807, 2.05) is 0 Å². The first-order valence-corrected chi connectivity index (χ1v) is 5.84. The summed E-state index contributed by atoms with van der Waals surface area (Å²) in [6, 6.07) is 0. The van der Waals surface area contributed by atoms with Crippen molar-refractivity contribution in [3.8, 4) is 0 Å². The highest BCUT2D eigenvalue weighted by Gasteiger charge is 2.45. The molecule has 0 amide bonds. The molecular weight excluding hydrogens is 174 g/mol. The summed E-state index contributed by atoms with van der Waals surface area (Å²) in [4.78, 5) is 2.48. The van der Waals surface area contributed by atoms with Gasteiger partial charge in [-0.2, -0.15) is 0 Å². The highest BCUT2D eigenvalue weighted by molar-refractivity contribution is 5.20. The molecule has 0 aromatic heterocycles. The molecule has 80 valence electrons. The van der Waals surface area contributed by atoms with Crippen LogP contribution in [0.1, 0.15) is 39.0 Å². The zero-order valence-electron chi connectivity index (χ0n) is 9.13. The molecule has 14 heavy (non-hydrogen) atoms. The third kappa shape index (κ3) is 1.61. The summed E-state index contributed by atoms with van der Waals surface area (Å²) in [6.45, 7) is 4.86. The number of nitrogens with zero attached hydrogens (tertiary/aromatic N) is 1. The van der Waals surface area contributed by atoms with Gasteiger partial charge in [-0.15, -0.1) is 0 Å². The van der Waals surface area contributed by atoms with Gasteiger partial charge in [0.25, 0.3) is 0 Å². The lowest BCUT2D eigenvalue weighted by atomic mass is 9.93. The van der Waals surface area contributed by atoms with E-state index < -0.39 is 0 Å². The van der Waals surface area contributed by atoms with E-state index in [4.69, 9.17) is 0 Å². The molecule has 0 bridgehead atoms. The maximum atomic E-state index is 9.50. The molecule has 2 rings (SSSR count). The second-order valence-corrected chi connectivity index (χ2v) is 4.74. The summed E-state index contributed by atoms with van der Waals surface area (Å²) >= 11 is 0. The zero-order valence-corrected chi connectivity index (χ0v) is 9.13. The van der Waals surface area contributed by atoms with E-state index in [1.165, 1.54) is 32.2 Å². The molecule has 0 aromatic rings. The second kappa shape index (κ2) is 4.03. The molecule has 2 heterocycles. The molecule has 0 aromatic carbocycles. The SMILES string of the molecule is CCC/C=C1/CN2CCCC2(CO)C1. The van der Waals surface area contributed by atoms with Crippen LogP contribution in [0.4, 0.5) is 0 Å². The highest BCUT2D eigenvalue weighted by atomic mass is 16.3. The summed E-state index contributed by atoms with van der Waals surface area (Å²) in [6.07, 6.45) is 8.38. The van der Waals surface area contributed by atoms with Crippen molar-refractivity contribution in [2.45, 2.75) is 44.6 Å². The lowest BCUT2D eigenvalue weighted by Gasteiger charge is -2.28. The Bertz CT molecular complexity index is 236. The molecule has 0 radical (unpaired) electrons. The molecule has 1 unspecified atom stereocenters. The second-order valence-electron chi connectivity index (χ2n) is 4.74. The van der Waals surface area contributed by atoms with E-state index >= 15 is 0 Å². The number of hydrogen-bond acceptors (Lipinski definition) is 2.